The van der Waals surface area contributed by atoms with Crippen LogP contribution >= 0.6 is 11.6 Å². The van der Waals surface area contributed by atoms with Crippen molar-refractivity contribution in [3.8, 4) is 0 Å². The molecule has 0 bridgehead atoms. The average molecular weight is 333 g/mol. The minimum absolute atomic E-state index is 0.0507. The normalized spacial score (nSPS) is 12.0. The van der Waals surface area contributed by atoms with Crippen molar-refractivity contribution in [2.75, 3.05) is 12.3 Å². The molecule has 0 spiro atoms. The third kappa shape index (κ3) is 6.68. The van der Waals surface area contributed by atoms with Gasteiger partial charge in [0, 0.05) is 11.6 Å². The number of nitrogens with one attached hydrogen (secondary N) is 1. The summed E-state index contributed by atoms with van der Waals surface area (Å²) in [7, 11) is -3.58. The highest BCUT2D eigenvalue weighted by molar-refractivity contribution is 7.89. The summed E-state index contributed by atoms with van der Waals surface area (Å²) >= 11 is 5.82. The van der Waals surface area contributed by atoms with E-state index in [9.17, 15) is 8.42 Å². The van der Waals surface area contributed by atoms with Crippen LogP contribution in [0.1, 0.15) is 46.0 Å². The van der Waals surface area contributed by atoms with Crippen LogP contribution in [-0.4, -0.2) is 15.0 Å². The number of sulfonamides is 1. The monoisotopic (exact) mass is 332 g/mol. The zero-order chi connectivity index (χ0) is 15.9. The molecule has 0 saturated carbocycles. The number of hydrogen-bond donors (Lipinski definition) is 2. The van der Waals surface area contributed by atoms with E-state index in [4.69, 9.17) is 17.3 Å². The van der Waals surface area contributed by atoms with Gasteiger partial charge in [0.15, 0.2) is 0 Å². The average Bonchev–Trinajstić information content (AvgIpc) is 2.40. The first kappa shape index (κ1) is 18.3. The number of hydrogen-bond acceptors (Lipinski definition) is 3. The molecule has 21 heavy (non-hydrogen) atoms. The third-order valence-electron chi connectivity index (χ3n) is 3.27. The van der Waals surface area contributed by atoms with Gasteiger partial charge in [0.25, 0.3) is 0 Å². The van der Waals surface area contributed by atoms with Gasteiger partial charge in [-0.05, 0) is 30.5 Å². The number of benzene rings is 1. The Morgan fingerprint density at radius 3 is 2.52 bits per heavy atom. The quantitative estimate of drug-likeness (QED) is 0.533. The van der Waals surface area contributed by atoms with Crippen LogP contribution in [0.15, 0.2) is 23.1 Å². The minimum atomic E-state index is -3.58. The van der Waals surface area contributed by atoms with Crippen molar-refractivity contribution in [2.24, 2.45) is 5.92 Å². The van der Waals surface area contributed by atoms with E-state index in [0.29, 0.717) is 11.6 Å². The fourth-order valence-electron chi connectivity index (χ4n) is 2.06. The van der Waals surface area contributed by atoms with Crippen LogP contribution in [0.5, 0.6) is 0 Å². The molecule has 4 nitrogen and oxygen atoms in total. The third-order valence-corrected chi connectivity index (χ3v) is 5.02. The first-order valence-electron chi connectivity index (χ1n) is 7.37. The van der Waals surface area contributed by atoms with Crippen LogP contribution in [0.4, 0.5) is 5.69 Å². The van der Waals surface area contributed by atoms with E-state index in [1.54, 1.807) is 6.07 Å². The second-order valence-corrected chi connectivity index (χ2v) is 7.85. The summed E-state index contributed by atoms with van der Waals surface area (Å²) in [6, 6.07) is 4.45. The van der Waals surface area contributed by atoms with E-state index in [2.05, 4.69) is 18.6 Å². The van der Waals surface area contributed by atoms with Gasteiger partial charge in [-0.3, -0.25) is 0 Å². The Hall–Kier alpha value is -0.780. The number of unbranched alkanes of at least 4 members (excludes halogenated alkanes) is 3. The maximum absolute atomic E-state index is 12.1. The molecule has 6 heteroatoms. The summed E-state index contributed by atoms with van der Waals surface area (Å²) in [5.74, 6) is 0.731. The van der Waals surface area contributed by atoms with Gasteiger partial charge >= 0.3 is 0 Å². The van der Waals surface area contributed by atoms with E-state index in [0.717, 1.165) is 25.2 Å². The van der Waals surface area contributed by atoms with Gasteiger partial charge in [0.2, 0.25) is 10.0 Å². The van der Waals surface area contributed by atoms with Gasteiger partial charge in [-0.1, -0.05) is 51.1 Å². The van der Waals surface area contributed by atoms with Crippen molar-refractivity contribution >= 4 is 27.3 Å². The number of nitrogen functional groups attached to an aromatic ring is 1. The lowest BCUT2D eigenvalue weighted by Crippen LogP contribution is -2.25. The van der Waals surface area contributed by atoms with Crippen LogP contribution in [0.3, 0.4) is 0 Å². The topological polar surface area (TPSA) is 72.2 Å². The maximum Gasteiger partial charge on any atom is 0.242 e. The number of nitrogens with two attached hydrogens (primary N) is 1. The molecule has 120 valence electrons. The Bertz CT molecular complexity index is 545. The molecule has 0 aliphatic heterocycles. The number of halogens is 1. The van der Waals surface area contributed by atoms with Crippen LogP contribution in [0, 0.1) is 5.92 Å². The predicted octanol–water partition coefficient (Wildman–Crippen LogP) is 3.81. The number of anilines is 1. The van der Waals surface area contributed by atoms with E-state index in [-0.39, 0.29) is 10.6 Å². The predicted molar refractivity (Wildman–Crippen MR) is 89.0 cm³/mol. The summed E-state index contributed by atoms with van der Waals surface area (Å²) in [5, 5.41) is 0.360. The standard InChI is InChI=1S/C15H25ClN2O2S/c1-12(2)7-5-3-4-6-10-18-21(19,20)15-11-13(16)8-9-14(15)17/h8-9,11-12,18H,3-7,10,17H2,1-2H3. The molecular weight excluding hydrogens is 308 g/mol. The fraction of sp³-hybridized carbons (Fsp3) is 0.600. The van der Waals surface area contributed by atoms with Crippen molar-refractivity contribution < 1.29 is 8.42 Å². The van der Waals surface area contributed by atoms with Crippen molar-refractivity contribution in [3.63, 3.8) is 0 Å². The molecule has 1 aromatic carbocycles. The Kier molecular flexibility index (Phi) is 7.49. The lowest BCUT2D eigenvalue weighted by Gasteiger charge is -2.09. The van der Waals surface area contributed by atoms with E-state index in [1.807, 2.05) is 0 Å². The summed E-state index contributed by atoms with van der Waals surface area (Å²) in [4.78, 5) is 0.0507. The van der Waals surface area contributed by atoms with Gasteiger partial charge in [0.05, 0.1) is 5.69 Å². The molecule has 0 aliphatic rings. The van der Waals surface area contributed by atoms with Gasteiger partial charge in [-0.15, -0.1) is 0 Å². The molecule has 0 atom stereocenters. The molecule has 1 aromatic rings. The molecule has 1 rings (SSSR count). The molecule has 0 amide bonds. The number of rotatable bonds is 9. The molecule has 0 heterocycles. The van der Waals surface area contributed by atoms with Crippen LogP contribution < -0.4 is 10.5 Å². The Labute approximate surface area is 133 Å². The van der Waals surface area contributed by atoms with Gasteiger partial charge in [-0.2, -0.15) is 0 Å². The summed E-state index contributed by atoms with van der Waals surface area (Å²) < 4.78 is 26.8. The fourth-order valence-corrected chi connectivity index (χ4v) is 3.52. The molecule has 0 radical (unpaired) electrons. The molecule has 3 N–H and O–H groups in total. The van der Waals surface area contributed by atoms with Crippen molar-refractivity contribution in [1.29, 1.82) is 0 Å². The molecule has 0 unspecified atom stereocenters. The summed E-state index contributed by atoms with van der Waals surface area (Å²) in [6.45, 7) is 4.85. The second-order valence-electron chi connectivity index (χ2n) is 5.68. The van der Waals surface area contributed by atoms with Crippen LogP contribution in [-0.2, 0) is 10.0 Å². The largest absolute Gasteiger partial charge is 0.398 e. The highest BCUT2D eigenvalue weighted by Gasteiger charge is 2.17. The zero-order valence-electron chi connectivity index (χ0n) is 12.7. The lowest BCUT2D eigenvalue weighted by molar-refractivity contribution is 0.517. The lowest BCUT2D eigenvalue weighted by atomic mass is 10.0. The van der Waals surface area contributed by atoms with E-state index >= 15 is 0 Å². The van der Waals surface area contributed by atoms with E-state index in [1.165, 1.54) is 25.0 Å². The molecule has 0 saturated heterocycles. The van der Waals surface area contributed by atoms with Crippen molar-refractivity contribution in [3.05, 3.63) is 23.2 Å². The Morgan fingerprint density at radius 2 is 1.86 bits per heavy atom. The first-order valence-corrected chi connectivity index (χ1v) is 9.23. The van der Waals surface area contributed by atoms with Gasteiger partial charge < -0.3 is 5.73 Å². The van der Waals surface area contributed by atoms with E-state index < -0.39 is 10.0 Å². The molecule has 0 aromatic heterocycles. The Morgan fingerprint density at radius 1 is 1.19 bits per heavy atom. The van der Waals surface area contributed by atoms with Crippen LogP contribution in [0.2, 0.25) is 5.02 Å². The Balaban J connectivity index is 2.38. The SMILES string of the molecule is CC(C)CCCCCCNS(=O)(=O)c1cc(Cl)ccc1N. The van der Waals surface area contributed by atoms with Crippen molar-refractivity contribution in [1.82, 2.24) is 4.72 Å². The van der Waals surface area contributed by atoms with Gasteiger partial charge in [0.1, 0.15) is 4.90 Å². The molecule has 0 aliphatic carbocycles. The minimum Gasteiger partial charge on any atom is -0.398 e. The second kappa shape index (κ2) is 8.61. The first-order chi connectivity index (χ1) is 9.83. The maximum atomic E-state index is 12.1. The summed E-state index contributed by atoms with van der Waals surface area (Å²) in [6.07, 6.45) is 5.42. The van der Waals surface area contributed by atoms with Gasteiger partial charge in [-0.25, -0.2) is 13.1 Å². The van der Waals surface area contributed by atoms with Crippen LogP contribution in [0.25, 0.3) is 0 Å². The molecular formula is C15H25ClN2O2S. The summed E-state index contributed by atoms with van der Waals surface area (Å²) in [5.41, 5.74) is 5.91. The highest BCUT2D eigenvalue weighted by Crippen LogP contribution is 2.22. The zero-order valence-corrected chi connectivity index (χ0v) is 14.3. The molecule has 0 fully saturated rings. The smallest absolute Gasteiger partial charge is 0.242 e. The van der Waals surface area contributed by atoms with Crippen molar-refractivity contribution in [2.45, 2.75) is 50.8 Å². The highest BCUT2D eigenvalue weighted by atomic mass is 35.5.